The van der Waals surface area contributed by atoms with Crippen LogP contribution in [0.4, 0.5) is 0 Å². The summed E-state index contributed by atoms with van der Waals surface area (Å²) in [6.45, 7) is 0.318. The van der Waals surface area contributed by atoms with Crippen molar-refractivity contribution in [1.82, 2.24) is 30.2 Å². The van der Waals surface area contributed by atoms with Gasteiger partial charge in [0.05, 0.1) is 24.4 Å². The van der Waals surface area contributed by atoms with E-state index in [9.17, 15) is 14.7 Å². The Kier molecular flexibility index (Phi) is 4.41. The number of amides is 2. The third-order valence-electron chi connectivity index (χ3n) is 4.99. The molecule has 0 bridgehead atoms. The SMILES string of the molecule is O=C(N[C@H]1CN(C(=O)c2cn(C3CCCC3)nn2)C[C@H]1O)c1cocn1. The van der Waals surface area contributed by atoms with Gasteiger partial charge in [0.15, 0.2) is 17.8 Å². The molecule has 4 rings (SSSR count). The molecule has 10 heteroatoms. The predicted molar refractivity (Wildman–Crippen MR) is 87.2 cm³/mol. The van der Waals surface area contributed by atoms with E-state index in [1.54, 1.807) is 10.9 Å². The number of aromatic nitrogens is 4. The molecule has 0 unspecified atom stereocenters. The average Bonchev–Trinajstić information content (AvgIpc) is 3.41. The number of carbonyl (C=O) groups excluding carboxylic acids is 2. The van der Waals surface area contributed by atoms with Gasteiger partial charge in [-0.05, 0) is 12.8 Å². The highest BCUT2D eigenvalue weighted by atomic mass is 16.3. The topological polar surface area (TPSA) is 126 Å². The zero-order chi connectivity index (χ0) is 18.1. The first-order valence-electron chi connectivity index (χ1n) is 8.70. The minimum Gasteiger partial charge on any atom is -0.451 e. The molecule has 1 aliphatic heterocycles. The first kappa shape index (κ1) is 16.7. The highest BCUT2D eigenvalue weighted by Gasteiger charge is 2.36. The molecule has 3 heterocycles. The molecule has 1 saturated heterocycles. The van der Waals surface area contributed by atoms with E-state index < -0.39 is 18.1 Å². The van der Waals surface area contributed by atoms with Gasteiger partial charge < -0.3 is 19.7 Å². The number of aliphatic hydroxyl groups excluding tert-OH is 1. The van der Waals surface area contributed by atoms with Gasteiger partial charge in [-0.1, -0.05) is 18.1 Å². The van der Waals surface area contributed by atoms with Crippen LogP contribution in [-0.2, 0) is 0 Å². The van der Waals surface area contributed by atoms with Crippen LogP contribution in [0.1, 0.15) is 52.7 Å². The van der Waals surface area contributed by atoms with Crippen molar-refractivity contribution in [3.8, 4) is 0 Å². The normalized spacial score (nSPS) is 23.5. The number of nitrogens with one attached hydrogen (secondary N) is 1. The minimum absolute atomic E-state index is 0.124. The van der Waals surface area contributed by atoms with Crippen LogP contribution in [0.5, 0.6) is 0 Å². The van der Waals surface area contributed by atoms with E-state index in [1.165, 1.54) is 24.0 Å². The highest BCUT2D eigenvalue weighted by molar-refractivity contribution is 5.93. The Morgan fingerprint density at radius 3 is 2.77 bits per heavy atom. The van der Waals surface area contributed by atoms with Gasteiger partial charge in [-0.15, -0.1) is 5.10 Å². The molecule has 2 N–H and O–H groups in total. The number of rotatable bonds is 4. The largest absolute Gasteiger partial charge is 0.451 e. The van der Waals surface area contributed by atoms with E-state index in [1.807, 2.05) is 0 Å². The molecule has 2 fully saturated rings. The highest BCUT2D eigenvalue weighted by Crippen LogP contribution is 2.28. The van der Waals surface area contributed by atoms with Crippen molar-refractivity contribution in [3.63, 3.8) is 0 Å². The van der Waals surface area contributed by atoms with Crippen LogP contribution < -0.4 is 5.32 Å². The second kappa shape index (κ2) is 6.87. The summed E-state index contributed by atoms with van der Waals surface area (Å²) < 4.78 is 6.53. The molecular formula is C16H20N6O4. The molecule has 2 amide bonds. The van der Waals surface area contributed by atoms with Crippen LogP contribution in [0.3, 0.4) is 0 Å². The van der Waals surface area contributed by atoms with Gasteiger partial charge in [0, 0.05) is 13.1 Å². The van der Waals surface area contributed by atoms with Gasteiger partial charge in [0.1, 0.15) is 6.26 Å². The summed E-state index contributed by atoms with van der Waals surface area (Å²) >= 11 is 0. The zero-order valence-electron chi connectivity index (χ0n) is 14.1. The molecule has 26 heavy (non-hydrogen) atoms. The third-order valence-corrected chi connectivity index (χ3v) is 4.99. The fraction of sp³-hybridized carbons (Fsp3) is 0.562. The van der Waals surface area contributed by atoms with Gasteiger partial charge in [0.2, 0.25) is 0 Å². The van der Waals surface area contributed by atoms with E-state index >= 15 is 0 Å². The molecular weight excluding hydrogens is 340 g/mol. The van der Waals surface area contributed by atoms with Crippen molar-refractivity contribution < 1.29 is 19.1 Å². The van der Waals surface area contributed by atoms with Crippen LogP contribution in [0, 0.1) is 0 Å². The van der Waals surface area contributed by atoms with Crippen molar-refractivity contribution in [1.29, 1.82) is 0 Å². The van der Waals surface area contributed by atoms with Crippen molar-refractivity contribution >= 4 is 11.8 Å². The molecule has 10 nitrogen and oxygen atoms in total. The fourth-order valence-corrected chi connectivity index (χ4v) is 3.55. The molecule has 0 spiro atoms. The van der Waals surface area contributed by atoms with Crippen LogP contribution in [0.25, 0.3) is 0 Å². The van der Waals surface area contributed by atoms with Crippen LogP contribution in [0.15, 0.2) is 23.3 Å². The first-order chi connectivity index (χ1) is 12.6. The smallest absolute Gasteiger partial charge is 0.276 e. The van der Waals surface area contributed by atoms with Gasteiger partial charge >= 0.3 is 0 Å². The van der Waals surface area contributed by atoms with Gasteiger partial charge in [-0.25, -0.2) is 9.67 Å². The van der Waals surface area contributed by atoms with Crippen molar-refractivity contribution in [2.24, 2.45) is 0 Å². The molecule has 2 atom stereocenters. The maximum Gasteiger partial charge on any atom is 0.276 e. The Balaban J connectivity index is 1.39. The number of likely N-dealkylation sites (tertiary alicyclic amines) is 1. The maximum atomic E-state index is 12.6. The van der Waals surface area contributed by atoms with E-state index in [0.29, 0.717) is 6.04 Å². The van der Waals surface area contributed by atoms with E-state index in [0.717, 1.165) is 19.2 Å². The second-order valence-corrected chi connectivity index (χ2v) is 6.75. The number of hydrogen-bond donors (Lipinski definition) is 2. The monoisotopic (exact) mass is 360 g/mol. The Hall–Kier alpha value is -2.75. The first-order valence-corrected chi connectivity index (χ1v) is 8.70. The minimum atomic E-state index is -0.861. The van der Waals surface area contributed by atoms with Crippen molar-refractivity contribution in [2.75, 3.05) is 13.1 Å². The Bertz CT molecular complexity index is 783. The number of carbonyl (C=O) groups is 2. The van der Waals surface area contributed by atoms with Crippen LogP contribution >= 0.6 is 0 Å². The summed E-state index contributed by atoms with van der Waals surface area (Å²) in [6, 6.07) is -0.268. The number of β-amino-alcohol motifs (C(OH)–C–C–N with tert-alkyl or cyclic N) is 1. The Morgan fingerprint density at radius 2 is 2.04 bits per heavy atom. The number of aliphatic hydroxyl groups is 1. The molecule has 2 aromatic heterocycles. The van der Waals surface area contributed by atoms with Crippen molar-refractivity contribution in [2.45, 2.75) is 43.9 Å². The predicted octanol–water partition coefficient (Wildman–Crippen LogP) is -0.00350. The summed E-state index contributed by atoms with van der Waals surface area (Å²) in [5, 5.41) is 20.9. The molecule has 138 valence electrons. The quantitative estimate of drug-likeness (QED) is 0.785. The standard InChI is InChI=1S/C16H20N6O4/c23-14-7-21(5-11(14)18-15(24)13-8-26-9-17-13)16(25)12-6-22(20-19-12)10-3-1-2-4-10/h6,8-11,14,23H,1-5,7H2,(H,18,24)/t11-,14+/m0/s1. The van der Waals surface area contributed by atoms with E-state index in [2.05, 4.69) is 20.6 Å². The van der Waals surface area contributed by atoms with Crippen LogP contribution in [0.2, 0.25) is 0 Å². The summed E-state index contributed by atoms with van der Waals surface area (Å²) in [7, 11) is 0. The summed E-state index contributed by atoms with van der Waals surface area (Å²) in [6.07, 6.45) is 7.62. The molecule has 1 saturated carbocycles. The molecule has 1 aliphatic carbocycles. The number of oxazole rings is 1. The molecule has 0 aromatic carbocycles. The lowest BCUT2D eigenvalue weighted by atomic mass is 10.2. The van der Waals surface area contributed by atoms with E-state index in [-0.39, 0.29) is 30.4 Å². The number of nitrogens with zero attached hydrogens (tertiary/aromatic N) is 5. The van der Waals surface area contributed by atoms with Crippen molar-refractivity contribution in [3.05, 3.63) is 30.2 Å². The maximum absolute atomic E-state index is 12.6. The van der Waals surface area contributed by atoms with Gasteiger partial charge in [-0.2, -0.15) is 0 Å². The third kappa shape index (κ3) is 3.19. The summed E-state index contributed by atoms with van der Waals surface area (Å²) in [5.41, 5.74) is 0.383. The Labute approximate surface area is 149 Å². The lowest BCUT2D eigenvalue weighted by molar-refractivity contribution is 0.0759. The molecule has 0 radical (unpaired) electrons. The van der Waals surface area contributed by atoms with Gasteiger partial charge in [-0.3, -0.25) is 9.59 Å². The lowest BCUT2D eigenvalue weighted by Gasteiger charge is -2.15. The Morgan fingerprint density at radius 1 is 1.23 bits per heavy atom. The summed E-state index contributed by atoms with van der Waals surface area (Å²) in [5.74, 6) is -0.754. The zero-order valence-corrected chi connectivity index (χ0v) is 14.1. The van der Waals surface area contributed by atoms with Gasteiger partial charge in [0.25, 0.3) is 11.8 Å². The lowest BCUT2D eigenvalue weighted by Crippen LogP contribution is -2.43. The average molecular weight is 360 g/mol. The number of hydrogen-bond acceptors (Lipinski definition) is 7. The molecule has 2 aliphatic rings. The summed E-state index contributed by atoms with van der Waals surface area (Å²) in [4.78, 5) is 29.9. The molecule has 2 aromatic rings. The van der Waals surface area contributed by atoms with Crippen LogP contribution in [-0.4, -0.2) is 67.0 Å². The fourth-order valence-electron chi connectivity index (χ4n) is 3.55. The second-order valence-electron chi connectivity index (χ2n) is 6.75. The van der Waals surface area contributed by atoms with E-state index in [4.69, 9.17) is 4.42 Å².